The average Bonchev–Trinajstić information content (AvgIpc) is 2.66. The Bertz CT molecular complexity index is 344. The number of halogens is 1. The highest BCUT2D eigenvalue weighted by Crippen LogP contribution is 2.37. The maximum atomic E-state index is 13.5. The first-order valence-electron chi connectivity index (χ1n) is 5.72. The molecule has 0 bridgehead atoms. The summed E-state index contributed by atoms with van der Waals surface area (Å²) < 4.78 is 13.5. The molecule has 0 aromatic heterocycles. The molecule has 15 heavy (non-hydrogen) atoms. The van der Waals surface area contributed by atoms with Crippen LogP contribution >= 0.6 is 0 Å². The Morgan fingerprint density at radius 3 is 3.00 bits per heavy atom. The normalized spacial score (nSPS) is 21.4. The maximum Gasteiger partial charge on any atom is 0.126 e. The molecule has 0 radical (unpaired) electrons. The minimum absolute atomic E-state index is 0.0269. The molecule has 1 aromatic rings. The second-order valence-corrected chi connectivity index (χ2v) is 4.26. The Morgan fingerprint density at radius 2 is 2.33 bits per heavy atom. The van der Waals surface area contributed by atoms with Gasteiger partial charge in [0, 0.05) is 6.04 Å². The Hall–Kier alpha value is -0.890. The highest BCUT2D eigenvalue weighted by molar-refractivity contribution is 5.37. The van der Waals surface area contributed by atoms with Gasteiger partial charge in [-0.1, -0.05) is 19.1 Å². The zero-order valence-corrected chi connectivity index (χ0v) is 9.39. The van der Waals surface area contributed by atoms with Crippen LogP contribution in [-0.2, 0) is 6.42 Å². The Morgan fingerprint density at radius 1 is 1.53 bits per heavy atom. The van der Waals surface area contributed by atoms with Gasteiger partial charge in [-0.15, -0.1) is 0 Å². The fourth-order valence-corrected chi connectivity index (χ4v) is 2.75. The van der Waals surface area contributed by atoms with E-state index < -0.39 is 0 Å². The van der Waals surface area contributed by atoms with Gasteiger partial charge in [0.25, 0.3) is 0 Å². The van der Waals surface area contributed by atoms with Gasteiger partial charge in [-0.3, -0.25) is 0 Å². The topological polar surface area (TPSA) is 12.0 Å². The highest BCUT2D eigenvalue weighted by Gasteiger charge is 2.29. The lowest BCUT2D eigenvalue weighted by atomic mass is 9.91. The van der Waals surface area contributed by atoms with Crippen molar-refractivity contribution in [3.63, 3.8) is 0 Å². The lowest BCUT2D eigenvalue weighted by molar-refractivity contribution is 0.447. The van der Waals surface area contributed by atoms with Crippen molar-refractivity contribution >= 4 is 0 Å². The molecule has 0 amide bonds. The number of nitrogens with one attached hydrogen (secondary N) is 1. The summed E-state index contributed by atoms with van der Waals surface area (Å²) in [6.07, 6.45) is 3.07. The van der Waals surface area contributed by atoms with Crippen molar-refractivity contribution in [2.75, 3.05) is 7.05 Å². The zero-order valence-electron chi connectivity index (χ0n) is 9.39. The SMILES string of the molecule is CCC(NC)C1CCc2c(F)cccc21. The summed E-state index contributed by atoms with van der Waals surface area (Å²) in [5.41, 5.74) is 2.16. The molecule has 1 aromatic carbocycles. The summed E-state index contributed by atoms with van der Waals surface area (Å²) in [5.74, 6) is 0.464. The molecule has 2 unspecified atom stereocenters. The Balaban J connectivity index is 2.32. The third kappa shape index (κ3) is 1.78. The van der Waals surface area contributed by atoms with Crippen LogP contribution in [0.4, 0.5) is 4.39 Å². The summed E-state index contributed by atoms with van der Waals surface area (Å²) in [7, 11) is 1.99. The zero-order chi connectivity index (χ0) is 10.8. The second kappa shape index (κ2) is 4.31. The smallest absolute Gasteiger partial charge is 0.126 e. The molecule has 1 nitrogen and oxygen atoms in total. The molecule has 1 aliphatic rings. The largest absolute Gasteiger partial charge is 0.316 e. The number of benzene rings is 1. The number of rotatable bonds is 3. The van der Waals surface area contributed by atoms with E-state index in [0.29, 0.717) is 12.0 Å². The van der Waals surface area contributed by atoms with Crippen molar-refractivity contribution in [3.8, 4) is 0 Å². The monoisotopic (exact) mass is 207 g/mol. The van der Waals surface area contributed by atoms with Crippen LogP contribution in [0.1, 0.15) is 36.8 Å². The van der Waals surface area contributed by atoms with Gasteiger partial charge in [-0.05, 0) is 49.4 Å². The molecular formula is C13H18FN. The number of likely N-dealkylation sites (N-methyl/N-ethyl adjacent to an activating group) is 1. The first-order valence-corrected chi connectivity index (χ1v) is 5.72. The molecule has 82 valence electrons. The summed E-state index contributed by atoms with van der Waals surface area (Å²) in [6, 6.07) is 5.96. The van der Waals surface area contributed by atoms with Gasteiger partial charge < -0.3 is 5.32 Å². The van der Waals surface area contributed by atoms with Crippen LogP contribution in [0, 0.1) is 5.82 Å². The minimum atomic E-state index is -0.0269. The Labute approximate surface area is 90.7 Å². The van der Waals surface area contributed by atoms with Gasteiger partial charge in [0.2, 0.25) is 0 Å². The van der Waals surface area contributed by atoms with Crippen LogP contribution in [0.25, 0.3) is 0 Å². The Kier molecular flexibility index (Phi) is 3.06. The van der Waals surface area contributed by atoms with Gasteiger partial charge in [0.05, 0.1) is 0 Å². The molecule has 2 atom stereocenters. The lowest BCUT2D eigenvalue weighted by Crippen LogP contribution is -2.30. The van der Waals surface area contributed by atoms with Gasteiger partial charge >= 0.3 is 0 Å². The van der Waals surface area contributed by atoms with E-state index in [0.717, 1.165) is 24.8 Å². The summed E-state index contributed by atoms with van der Waals surface area (Å²) in [6.45, 7) is 2.18. The summed E-state index contributed by atoms with van der Waals surface area (Å²) in [5, 5.41) is 3.33. The molecule has 0 saturated carbocycles. The van der Waals surface area contributed by atoms with Gasteiger partial charge in [-0.2, -0.15) is 0 Å². The van der Waals surface area contributed by atoms with E-state index in [1.165, 1.54) is 5.56 Å². The number of hydrogen-bond acceptors (Lipinski definition) is 1. The fraction of sp³-hybridized carbons (Fsp3) is 0.538. The molecule has 1 N–H and O–H groups in total. The quantitative estimate of drug-likeness (QED) is 0.803. The van der Waals surface area contributed by atoms with E-state index >= 15 is 0 Å². The van der Waals surface area contributed by atoms with Crippen LogP contribution < -0.4 is 5.32 Å². The third-order valence-electron chi connectivity index (χ3n) is 3.56. The molecule has 0 saturated heterocycles. The molecule has 0 aliphatic heterocycles. The van der Waals surface area contributed by atoms with Crippen LogP contribution in [-0.4, -0.2) is 13.1 Å². The van der Waals surface area contributed by atoms with E-state index in [1.807, 2.05) is 13.1 Å². The van der Waals surface area contributed by atoms with Crippen LogP contribution in [0.5, 0.6) is 0 Å². The molecule has 0 fully saturated rings. The first kappa shape index (κ1) is 10.6. The molecule has 1 aliphatic carbocycles. The first-order chi connectivity index (χ1) is 7.27. The highest BCUT2D eigenvalue weighted by atomic mass is 19.1. The van der Waals surface area contributed by atoms with Crippen LogP contribution in [0.3, 0.4) is 0 Å². The predicted octanol–water partition coefficient (Wildman–Crippen LogP) is 2.85. The lowest BCUT2D eigenvalue weighted by Gasteiger charge is -2.22. The molecule has 0 heterocycles. The second-order valence-electron chi connectivity index (χ2n) is 4.26. The number of fused-ring (bicyclic) bond motifs is 1. The van der Waals surface area contributed by atoms with Crippen molar-refractivity contribution in [1.82, 2.24) is 5.32 Å². The van der Waals surface area contributed by atoms with Crippen molar-refractivity contribution < 1.29 is 4.39 Å². The van der Waals surface area contributed by atoms with Crippen LogP contribution in [0.2, 0.25) is 0 Å². The van der Waals surface area contributed by atoms with E-state index in [4.69, 9.17) is 0 Å². The summed E-state index contributed by atoms with van der Waals surface area (Å²) >= 11 is 0. The van der Waals surface area contributed by atoms with E-state index in [1.54, 1.807) is 6.07 Å². The van der Waals surface area contributed by atoms with Gasteiger partial charge in [0.1, 0.15) is 5.82 Å². The van der Waals surface area contributed by atoms with Gasteiger partial charge in [-0.25, -0.2) is 4.39 Å². The molecule has 0 spiro atoms. The van der Waals surface area contributed by atoms with Crippen molar-refractivity contribution in [3.05, 3.63) is 35.1 Å². The predicted molar refractivity (Wildman–Crippen MR) is 60.6 cm³/mol. The molecular weight excluding hydrogens is 189 g/mol. The standard InChI is InChI=1S/C13H18FN/c1-3-13(15-2)11-8-7-10-9(11)5-4-6-12(10)14/h4-6,11,13,15H,3,7-8H2,1-2H3. The maximum absolute atomic E-state index is 13.5. The average molecular weight is 207 g/mol. The van der Waals surface area contributed by atoms with Crippen molar-refractivity contribution in [2.24, 2.45) is 0 Å². The van der Waals surface area contributed by atoms with Crippen LogP contribution in [0.15, 0.2) is 18.2 Å². The van der Waals surface area contributed by atoms with E-state index in [-0.39, 0.29) is 5.82 Å². The minimum Gasteiger partial charge on any atom is -0.316 e. The molecule has 2 heteroatoms. The van der Waals surface area contributed by atoms with Crippen molar-refractivity contribution in [1.29, 1.82) is 0 Å². The van der Waals surface area contributed by atoms with Crippen molar-refractivity contribution in [2.45, 2.75) is 38.1 Å². The van der Waals surface area contributed by atoms with E-state index in [2.05, 4.69) is 18.3 Å². The summed E-state index contributed by atoms with van der Waals surface area (Å²) in [4.78, 5) is 0. The molecule has 2 rings (SSSR count). The fourth-order valence-electron chi connectivity index (χ4n) is 2.75. The number of hydrogen-bond donors (Lipinski definition) is 1. The van der Waals surface area contributed by atoms with E-state index in [9.17, 15) is 4.39 Å². The van der Waals surface area contributed by atoms with Gasteiger partial charge in [0.15, 0.2) is 0 Å². The third-order valence-corrected chi connectivity index (χ3v) is 3.56.